The van der Waals surface area contributed by atoms with Crippen LogP contribution in [-0.2, 0) is 16.1 Å². The average molecular weight is 287 g/mol. The molecule has 0 N–H and O–H groups in total. The summed E-state index contributed by atoms with van der Waals surface area (Å²) in [4.78, 5) is 13.9. The first kappa shape index (κ1) is 15.2. The van der Waals surface area contributed by atoms with Gasteiger partial charge in [-0.15, -0.1) is 0 Å². The van der Waals surface area contributed by atoms with E-state index in [0.29, 0.717) is 5.56 Å². The van der Waals surface area contributed by atoms with Crippen LogP contribution in [0, 0.1) is 5.82 Å². The first-order valence-electron chi connectivity index (χ1n) is 6.69. The minimum Gasteiger partial charge on any atom is -0.367 e. The van der Waals surface area contributed by atoms with Crippen LogP contribution in [0.3, 0.4) is 0 Å². The summed E-state index contributed by atoms with van der Waals surface area (Å²) in [6.07, 6.45) is -0.678. The number of carbonyl (C=O) groups excluding carboxylic acids is 1. The maximum absolute atomic E-state index is 13.7. The van der Waals surface area contributed by atoms with Crippen LogP contribution in [0.1, 0.15) is 17.2 Å². The van der Waals surface area contributed by atoms with E-state index in [9.17, 15) is 9.18 Å². The fourth-order valence-electron chi connectivity index (χ4n) is 2.17. The number of methoxy groups -OCH3 is 1. The highest BCUT2D eigenvalue weighted by Crippen LogP contribution is 2.20. The van der Waals surface area contributed by atoms with E-state index in [4.69, 9.17) is 4.74 Å². The molecule has 2 aromatic carbocycles. The normalized spacial score (nSPS) is 12.0. The van der Waals surface area contributed by atoms with Gasteiger partial charge in [0.25, 0.3) is 5.91 Å². The van der Waals surface area contributed by atoms with Crippen LogP contribution in [0.15, 0.2) is 54.6 Å². The van der Waals surface area contributed by atoms with Gasteiger partial charge in [-0.3, -0.25) is 4.79 Å². The van der Waals surface area contributed by atoms with Crippen LogP contribution in [0.25, 0.3) is 0 Å². The van der Waals surface area contributed by atoms with Crippen LogP contribution in [0.4, 0.5) is 4.39 Å². The van der Waals surface area contributed by atoms with Crippen LogP contribution in [-0.4, -0.2) is 25.0 Å². The Balaban J connectivity index is 2.13. The lowest BCUT2D eigenvalue weighted by Crippen LogP contribution is -2.32. The molecule has 1 atom stereocenters. The van der Waals surface area contributed by atoms with Crippen molar-refractivity contribution in [2.45, 2.75) is 12.6 Å². The summed E-state index contributed by atoms with van der Waals surface area (Å²) >= 11 is 0. The summed E-state index contributed by atoms with van der Waals surface area (Å²) in [5.74, 6) is -0.516. The van der Waals surface area contributed by atoms with Crippen molar-refractivity contribution >= 4 is 5.91 Å². The van der Waals surface area contributed by atoms with Crippen molar-refractivity contribution < 1.29 is 13.9 Å². The van der Waals surface area contributed by atoms with Crippen molar-refractivity contribution in [2.24, 2.45) is 0 Å². The van der Waals surface area contributed by atoms with E-state index in [1.165, 1.54) is 18.1 Å². The molecule has 0 aliphatic rings. The molecule has 0 unspecified atom stereocenters. The van der Waals surface area contributed by atoms with E-state index < -0.39 is 6.10 Å². The van der Waals surface area contributed by atoms with E-state index in [2.05, 4.69) is 0 Å². The second-order valence-electron chi connectivity index (χ2n) is 4.81. The predicted octanol–water partition coefficient (Wildman–Crippen LogP) is 3.17. The highest BCUT2D eigenvalue weighted by Gasteiger charge is 2.23. The molecule has 3 nitrogen and oxygen atoms in total. The largest absolute Gasteiger partial charge is 0.367 e. The second kappa shape index (κ2) is 6.99. The van der Waals surface area contributed by atoms with Crippen molar-refractivity contribution in [3.05, 3.63) is 71.5 Å². The summed E-state index contributed by atoms with van der Waals surface area (Å²) in [6.45, 7) is 0.207. The van der Waals surface area contributed by atoms with Crippen molar-refractivity contribution in [1.82, 2.24) is 4.90 Å². The highest BCUT2D eigenvalue weighted by atomic mass is 19.1. The number of likely N-dealkylation sites (N-methyl/N-ethyl adjacent to an activating group) is 1. The smallest absolute Gasteiger partial charge is 0.256 e. The fraction of sp³-hybridized carbons (Fsp3) is 0.235. The minimum atomic E-state index is -0.678. The molecule has 0 saturated carbocycles. The van der Waals surface area contributed by atoms with Crippen LogP contribution in [0.5, 0.6) is 0 Å². The third kappa shape index (κ3) is 3.67. The molecule has 0 aromatic heterocycles. The monoisotopic (exact) mass is 287 g/mol. The lowest BCUT2D eigenvalue weighted by atomic mass is 10.1. The van der Waals surface area contributed by atoms with Crippen LogP contribution in [0.2, 0.25) is 0 Å². The topological polar surface area (TPSA) is 29.5 Å². The summed E-state index contributed by atoms with van der Waals surface area (Å²) in [5.41, 5.74) is 1.27. The SMILES string of the molecule is CO[C@@H](C(=O)N(C)Cc1ccccc1F)c1ccccc1. The van der Waals surface area contributed by atoms with Crippen LogP contribution < -0.4 is 0 Å². The number of ether oxygens (including phenoxy) is 1. The second-order valence-corrected chi connectivity index (χ2v) is 4.81. The molecule has 21 heavy (non-hydrogen) atoms. The van der Waals surface area contributed by atoms with Gasteiger partial charge in [-0.25, -0.2) is 4.39 Å². The predicted molar refractivity (Wildman–Crippen MR) is 79.1 cm³/mol. The number of halogens is 1. The van der Waals surface area contributed by atoms with Crippen molar-refractivity contribution in [3.63, 3.8) is 0 Å². The van der Waals surface area contributed by atoms with Gasteiger partial charge in [-0.05, 0) is 11.6 Å². The molecule has 0 radical (unpaired) electrons. The number of nitrogens with zero attached hydrogens (tertiary/aromatic N) is 1. The summed E-state index contributed by atoms with van der Waals surface area (Å²) < 4.78 is 19.0. The summed E-state index contributed by atoms with van der Waals surface area (Å²) in [7, 11) is 3.14. The van der Waals surface area contributed by atoms with E-state index in [1.54, 1.807) is 25.2 Å². The maximum atomic E-state index is 13.7. The summed E-state index contributed by atoms with van der Waals surface area (Å²) in [6, 6.07) is 15.7. The first-order valence-corrected chi connectivity index (χ1v) is 6.69. The molecular formula is C17H18FNO2. The minimum absolute atomic E-state index is 0.202. The van der Waals surface area contributed by atoms with Gasteiger partial charge in [0.15, 0.2) is 6.10 Å². The molecule has 110 valence electrons. The molecule has 0 fully saturated rings. The Morgan fingerprint density at radius 1 is 1.14 bits per heavy atom. The number of hydrogen-bond acceptors (Lipinski definition) is 2. The van der Waals surface area contributed by atoms with E-state index in [-0.39, 0.29) is 18.3 Å². The molecule has 0 aliphatic heterocycles. The highest BCUT2D eigenvalue weighted by molar-refractivity contribution is 5.82. The van der Waals surface area contributed by atoms with Crippen molar-refractivity contribution in [3.8, 4) is 0 Å². The quantitative estimate of drug-likeness (QED) is 0.845. The zero-order valence-electron chi connectivity index (χ0n) is 12.1. The fourth-order valence-corrected chi connectivity index (χ4v) is 2.17. The third-order valence-corrected chi connectivity index (χ3v) is 3.30. The molecule has 2 aromatic rings. The van der Waals surface area contributed by atoms with E-state index in [1.807, 2.05) is 30.3 Å². The van der Waals surface area contributed by atoms with Gasteiger partial charge in [0, 0.05) is 26.3 Å². The van der Waals surface area contributed by atoms with Gasteiger partial charge in [-0.2, -0.15) is 0 Å². The van der Waals surface area contributed by atoms with Gasteiger partial charge in [0.1, 0.15) is 5.82 Å². The molecule has 0 saturated heterocycles. The average Bonchev–Trinajstić information content (AvgIpc) is 2.51. The Labute approximate surface area is 124 Å². The number of carbonyl (C=O) groups is 1. The Kier molecular flexibility index (Phi) is 5.06. The number of amides is 1. The Bertz CT molecular complexity index is 601. The van der Waals surface area contributed by atoms with Crippen molar-refractivity contribution in [1.29, 1.82) is 0 Å². The van der Waals surface area contributed by atoms with E-state index in [0.717, 1.165) is 5.56 Å². The third-order valence-electron chi connectivity index (χ3n) is 3.30. The van der Waals surface area contributed by atoms with Gasteiger partial charge in [0.2, 0.25) is 0 Å². The van der Waals surface area contributed by atoms with E-state index >= 15 is 0 Å². The Morgan fingerprint density at radius 3 is 2.38 bits per heavy atom. The van der Waals surface area contributed by atoms with Crippen LogP contribution >= 0.6 is 0 Å². The molecule has 0 bridgehead atoms. The first-order chi connectivity index (χ1) is 10.1. The zero-order valence-corrected chi connectivity index (χ0v) is 12.1. The molecule has 0 aliphatic carbocycles. The lowest BCUT2D eigenvalue weighted by molar-refractivity contribution is -0.141. The Hall–Kier alpha value is -2.20. The Morgan fingerprint density at radius 2 is 1.76 bits per heavy atom. The van der Waals surface area contributed by atoms with Gasteiger partial charge in [0.05, 0.1) is 0 Å². The molecule has 0 heterocycles. The standard InChI is InChI=1S/C17H18FNO2/c1-19(12-14-10-6-7-11-15(14)18)17(20)16(21-2)13-8-4-3-5-9-13/h3-11,16H,12H2,1-2H3/t16-/m1/s1. The molecule has 0 spiro atoms. The molecular weight excluding hydrogens is 269 g/mol. The molecule has 1 amide bonds. The van der Waals surface area contributed by atoms with Gasteiger partial charge < -0.3 is 9.64 Å². The maximum Gasteiger partial charge on any atom is 0.256 e. The number of benzene rings is 2. The molecule has 2 rings (SSSR count). The lowest BCUT2D eigenvalue weighted by Gasteiger charge is -2.23. The van der Waals surface area contributed by atoms with Gasteiger partial charge in [-0.1, -0.05) is 48.5 Å². The van der Waals surface area contributed by atoms with Gasteiger partial charge >= 0.3 is 0 Å². The molecule has 4 heteroatoms. The number of rotatable bonds is 5. The summed E-state index contributed by atoms with van der Waals surface area (Å²) in [5, 5.41) is 0. The zero-order chi connectivity index (χ0) is 15.2. The number of hydrogen-bond donors (Lipinski definition) is 0. The van der Waals surface area contributed by atoms with Crippen molar-refractivity contribution in [2.75, 3.05) is 14.2 Å².